The highest BCUT2D eigenvalue weighted by atomic mass is 19.1. The topological polar surface area (TPSA) is 66.8 Å². The van der Waals surface area contributed by atoms with Crippen LogP contribution in [0.3, 0.4) is 0 Å². The Morgan fingerprint density at radius 3 is 3.00 bits per heavy atom. The lowest BCUT2D eigenvalue weighted by Crippen LogP contribution is -2.27. The molecule has 0 aromatic heterocycles. The van der Waals surface area contributed by atoms with Crippen LogP contribution in [0, 0.1) is 5.82 Å². The van der Waals surface area contributed by atoms with Gasteiger partial charge in [0.1, 0.15) is 17.1 Å². The fourth-order valence-electron chi connectivity index (χ4n) is 2.29. The maximum absolute atomic E-state index is 13.4. The summed E-state index contributed by atoms with van der Waals surface area (Å²) in [6.45, 7) is 0. The van der Waals surface area contributed by atoms with Crippen LogP contribution in [0.2, 0.25) is 5.82 Å². The van der Waals surface area contributed by atoms with Crippen molar-refractivity contribution >= 4 is 13.1 Å². The molecule has 1 aromatic carbocycles. The first kappa shape index (κ1) is 9.66. The van der Waals surface area contributed by atoms with Crippen LogP contribution in [-0.4, -0.2) is 23.2 Å². The van der Waals surface area contributed by atoms with Gasteiger partial charge in [0.25, 0.3) is 0 Å². The largest absolute Gasteiger partial charge is 0.535 e. The van der Waals surface area contributed by atoms with Crippen LogP contribution in [0.15, 0.2) is 12.1 Å². The van der Waals surface area contributed by atoms with Gasteiger partial charge in [-0.15, -0.1) is 0 Å². The van der Waals surface area contributed by atoms with Gasteiger partial charge in [0, 0.05) is 5.82 Å². The fourth-order valence-corrected chi connectivity index (χ4v) is 2.29. The van der Waals surface area contributed by atoms with Gasteiger partial charge in [0.15, 0.2) is 0 Å². The molecule has 1 aromatic rings. The third-order valence-electron chi connectivity index (χ3n) is 3.20. The molecule has 0 unspecified atom stereocenters. The third-order valence-corrected chi connectivity index (χ3v) is 3.20. The molecule has 2 N–H and O–H groups in total. The summed E-state index contributed by atoms with van der Waals surface area (Å²) in [5.41, 5.74) is 0.205. The number of benzene rings is 1. The van der Waals surface area contributed by atoms with Gasteiger partial charge in [0.2, 0.25) is 0 Å². The Labute approximate surface area is 90.8 Å². The number of hydrogen-bond donors (Lipinski definition) is 2. The number of carboxylic acid groups (broad SMARTS) is 1. The number of carbonyl (C=O) groups is 1. The Morgan fingerprint density at radius 1 is 1.56 bits per heavy atom. The van der Waals surface area contributed by atoms with Gasteiger partial charge in [-0.3, -0.25) is 0 Å². The van der Waals surface area contributed by atoms with Crippen molar-refractivity contribution in [2.24, 2.45) is 0 Å². The first-order valence-corrected chi connectivity index (χ1v) is 5.00. The molecule has 82 valence electrons. The minimum Gasteiger partial charge on any atom is -0.535 e. The number of rotatable bonds is 1. The molecule has 0 bridgehead atoms. The molecule has 2 aliphatic rings. The second kappa shape index (κ2) is 2.98. The summed E-state index contributed by atoms with van der Waals surface area (Å²) in [7, 11) is -1.02. The molecule has 4 nitrogen and oxygen atoms in total. The van der Waals surface area contributed by atoms with Crippen LogP contribution in [0.5, 0.6) is 5.75 Å². The second-order valence-corrected chi connectivity index (χ2v) is 4.16. The number of carboxylic acids is 1. The van der Waals surface area contributed by atoms with Crippen molar-refractivity contribution in [1.82, 2.24) is 0 Å². The first-order valence-electron chi connectivity index (χ1n) is 5.00. The summed E-state index contributed by atoms with van der Waals surface area (Å²) >= 11 is 0. The third kappa shape index (κ3) is 1.16. The van der Waals surface area contributed by atoms with E-state index < -0.39 is 24.5 Å². The van der Waals surface area contributed by atoms with Crippen molar-refractivity contribution in [3.8, 4) is 5.75 Å². The monoisotopic (exact) mass is 222 g/mol. The van der Waals surface area contributed by atoms with Gasteiger partial charge in [0.05, 0.1) is 0 Å². The SMILES string of the molecule is O=C(O)c1c(F)ccc2c1OB(O)[C@H]1C[C@@H]21. The minimum atomic E-state index is -1.37. The van der Waals surface area contributed by atoms with Crippen molar-refractivity contribution in [2.45, 2.75) is 18.2 Å². The standard InChI is InChI=1S/C10H8BFO4/c12-7-2-1-4-5-3-6(5)11(15)16-9(4)8(7)10(13)14/h1-2,5-6,15H,3H2,(H,13,14)/t5-,6-/m0/s1. The summed E-state index contributed by atoms with van der Waals surface area (Å²) in [5.74, 6) is -2.09. The van der Waals surface area contributed by atoms with Gasteiger partial charge < -0.3 is 14.8 Å². The fraction of sp³-hybridized carbons (Fsp3) is 0.300. The number of hydrogen-bond acceptors (Lipinski definition) is 3. The van der Waals surface area contributed by atoms with E-state index in [1.165, 1.54) is 6.07 Å². The van der Waals surface area contributed by atoms with E-state index in [1.807, 2.05) is 0 Å². The molecule has 1 heterocycles. The molecule has 0 amide bonds. The quantitative estimate of drug-likeness (QED) is 0.701. The van der Waals surface area contributed by atoms with Crippen molar-refractivity contribution in [3.63, 3.8) is 0 Å². The number of halogens is 1. The zero-order valence-electron chi connectivity index (χ0n) is 8.18. The van der Waals surface area contributed by atoms with Crippen molar-refractivity contribution in [1.29, 1.82) is 0 Å². The predicted octanol–water partition coefficient (Wildman–Crippen LogP) is 1.25. The Morgan fingerprint density at radius 2 is 2.31 bits per heavy atom. The van der Waals surface area contributed by atoms with Crippen LogP contribution in [0.1, 0.15) is 28.3 Å². The Kier molecular flexibility index (Phi) is 1.80. The Bertz CT molecular complexity index is 490. The maximum atomic E-state index is 13.4. The van der Waals surface area contributed by atoms with Crippen LogP contribution < -0.4 is 4.65 Å². The van der Waals surface area contributed by atoms with E-state index in [9.17, 15) is 14.2 Å². The summed E-state index contributed by atoms with van der Waals surface area (Å²) in [6, 6.07) is 2.67. The minimum absolute atomic E-state index is 0.0150. The molecule has 3 rings (SSSR count). The molecule has 1 aliphatic carbocycles. The van der Waals surface area contributed by atoms with E-state index in [0.29, 0.717) is 5.56 Å². The summed E-state index contributed by atoms with van der Waals surface area (Å²) < 4.78 is 18.4. The van der Waals surface area contributed by atoms with Gasteiger partial charge >= 0.3 is 13.1 Å². The molecule has 0 radical (unpaired) electrons. The van der Waals surface area contributed by atoms with Gasteiger partial charge in [-0.25, -0.2) is 9.18 Å². The molecule has 16 heavy (non-hydrogen) atoms. The first-order chi connectivity index (χ1) is 7.59. The van der Waals surface area contributed by atoms with Crippen molar-refractivity contribution in [2.75, 3.05) is 0 Å². The lowest BCUT2D eigenvalue weighted by atomic mass is 9.77. The van der Waals surface area contributed by atoms with E-state index in [2.05, 4.69) is 0 Å². The molecule has 1 aliphatic heterocycles. The maximum Gasteiger partial charge on any atom is 0.526 e. The van der Waals surface area contributed by atoms with Crippen LogP contribution in [0.25, 0.3) is 0 Å². The molecule has 1 saturated carbocycles. The van der Waals surface area contributed by atoms with Gasteiger partial charge in [-0.05, 0) is 24.0 Å². The highest BCUT2D eigenvalue weighted by Gasteiger charge is 2.54. The molecule has 2 atom stereocenters. The van der Waals surface area contributed by atoms with E-state index in [-0.39, 0.29) is 17.5 Å². The Hall–Kier alpha value is -1.56. The molecule has 0 spiro atoms. The van der Waals surface area contributed by atoms with Crippen molar-refractivity contribution in [3.05, 3.63) is 29.1 Å². The summed E-state index contributed by atoms with van der Waals surface area (Å²) in [6.07, 6.45) is 0.763. The van der Waals surface area contributed by atoms with E-state index >= 15 is 0 Å². The molecule has 6 heteroatoms. The van der Waals surface area contributed by atoms with Crippen molar-refractivity contribution < 1.29 is 24.0 Å². The van der Waals surface area contributed by atoms with Gasteiger partial charge in [-0.2, -0.15) is 0 Å². The zero-order valence-corrected chi connectivity index (χ0v) is 8.18. The lowest BCUT2D eigenvalue weighted by molar-refractivity contribution is 0.0689. The van der Waals surface area contributed by atoms with E-state index in [4.69, 9.17) is 9.76 Å². The lowest BCUT2D eigenvalue weighted by Gasteiger charge is -2.21. The molecule has 1 fully saturated rings. The predicted molar refractivity (Wildman–Crippen MR) is 53.1 cm³/mol. The van der Waals surface area contributed by atoms with E-state index in [0.717, 1.165) is 12.5 Å². The molecule has 0 saturated heterocycles. The summed E-state index contributed by atoms with van der Waals surface area (Å²) in [5, 5.41) is 18.4. The van der Waals surface area contributed by atoms with Crippen LogP contribution >= 0.6 is 0 Å². The zero-order chi connectivity index (χ0) is 11.4. The molecular weight excluding hydrogens is 214 g/mol. The smallest absolute Gasteiger partial charge is 0.526 e. The average Bonchev–Trinajstić information content (AvgIpc) is 2.96. The number of aromatic carboxylic acids is 1. The highest BCUT2D eigenvalue weighted by Crippen LogP contribution is 2.60. The van der Waals surface area contributed by atoms with Gasteiger partial charge in [-0.1, -0.05) is 6.07 Å². The summed E-state index contributed by atoms with van der Waals surface area (Å²) in [4.78, 5) is 10.9. The van der Waals surface area contributed by atoms with Crippen LogP contribution in [0.4, 0.5) is 4.39 Å². The average molecular weight is 222 g/mol. The highest BCUT2D eigenvalue weighted by molar-refractivity contribution is 6.48. The second-order valence-electron chi connectivity index (χ2n) is 4.16. The van der Waals surface area contributed by atoms with E-state index in [1.54, 1.807) is 0 Å². The van der Waals surface area contributed by atoms with Crippen LogP contribution in [-0.2, 0) is 0 Å². The Balaban J connectivity index is 2.19. The normalized spacial score (nSPS) is 25.5. The number of fused-ring (bicyclic) bond motifs is 3. The molecular formula is C10H8BFO4.